The summed E-state index contributed by atoms with van der Waals surface area (Å²) in [4.78, 5) is 25.1. The van der Waals surface area contributed by atoms with Gasteiger partial charge in [-0.1, -0.05) is 79.7 Å². The van der Waals surface area contributed by atoms with Gasteiger partial charge in [-0.2, -0.15) is 4.37 Å². The summed E-state index contributed by atoms with van der Waals surface area (Å²) in [7, 11) is 1.68. The third-order valence-corrected chi connectivity index (χ3v) is 8.94. The average Bonchev–Trinajstić information content (AvgIpc) is 3.50. The first kappa shape index (κ1) is 29.7. The first-order valence-corrected chi connectivity index (χ1v) is 15.7. The van der Waals surface area contributed by atoms with Crippen LogP contribution in [-0.2, 0) is 11.2 Å². The lowest BCUT2D eigenvalue weighted by Crippen LogP contribution is -2.50. The van der Waals surface area contributed by atoms with E-state index in [1.807, 2.05) is 23.1 Å². The number of piperazine rings is 1. The molecule has 4 aromatic rings. The number of hydrogen-bond donors (Lipinski definition) is 0. The van der Waals surface area contributed by atoms with Gasteiger partial charge in [-0.05, 0) is 42.2 Å². The van der Waals surface area contributed by atoms with Crippen molar-refractivity contribution in [2.45, 2.75) is 45.2 Å². The van der Waals surface area contributed by atoms with E-state index in [2.05, 4.69) is 94.8 Å². The van der Waals surface area contributed by atoms with Gasteiger partial charge in [0.2, 0.25) is 11.0 Å². The Morgan fingerprint density at radius 1 is 0.952 bits per heavy atom. The molecule has 1 atom stereocenters. The Morgan fingerprint density at radius 2 is 1.62 bits per heavy atom. The van der Waals surface area contributed by atoms with Crippen LogP contribution in [0, 0.1) is 0 Å². The monoisotopic (exact) mass is 583 g/mol. The van der Waals surface area contributed by atoms with Crippen LogP contribution in [0.3, 0.4) is 0 Å². The molecular weight excluding hydrogens is 542 g/mol. The molecular formula is C34H41N5O2S. The number of ether oxygens (including phenoxy) is 1. The van der Waals surface area contributed by atoms with Crippen LogP contribution in [0.1, 0.15) is 55.2 Å². The van der Waals surface area contributed by atoms with E-state index in [9.17, 15) is 4.79 Å². The van der Waals surface area contributed by atoms with Crippen molar-refractivity contribution in [3.8, 4) is 5.75 Å². The standard InChI is InChI=1S/C34H41N5O2S/c1-4-26(2)39(34-35-31(36-42-34)25-27-12-11-17-30(24-27)41-3)19-18-32(40)37-20-22-38(23-21-37)33(28-13-7-5-8-14-28)29-15-9-6-10-16-29/h5-17,24,26,33H,4,18-23,25H2,1-3H3. The van der Waals surface area contributed by atoms with E-state index in [1.165, 1.54) is 22.7 Å². The van der Waals surface area contributed by atoms with Crippen molar-refractivity contribution < 1.29 is 9.53 Å². The van der Waals surface area contributed by atoms with Crippen LogP contribution in [0.2, 0.25) is 0 Å². The minimum atomic E-state index is 0.189. The lowest BCUT2D eigenvalue weighted by molar-refractivity contribution is -0.133. The van der Waals surface area contributed by atoms with Gasteiger partial charge in [-0.15, -0.1) is 0 Å². The summed E-state index contributed by atoms with van der Waals surface area (Å²) < 4.78 is 10.0. The van der Waals surface area contributed by atoms with Gasteiger partial charge >= 0.3 is 0 Å². The van der Waals surface area contributed by atoms with Crippen molar-refractivity contribution in [2.24, 2.45) is 0 Å². The maximum atomic E-state index is 13.4. The van der Waals surface area contributed by atoms with Gasteiger partial charge in [0, 0.05) is 63.1 Å². The fraction of sp³-hybridized carbons (Fsp3) is 0.382. The zero-order chi connectivity index (χ0) is 29.3. The fourth-order valence-electron chi connectivity index (χ4n) is 5.61. The molecule has 1 aromatic heterocycles. The number of benzene rings is 3. The van der Waals surface area contributed by atoms with Crippen molar-refractivity contribution in [2.75, 3.05) is 44.7 Å². The van der Waals surface area contributed by atoms with Gasteiger partial charge < -0.3 is 14.5 Å². The Morgan fingerprint density at radius 3 is 2.24 bits per heavy atom. The smallest absolute Gasteiger partial charge is 0.224 e. The second-order valence-corrected chi connectivity index (χ2v) is 11.6. The molecule has 5 rings (SSSR count). The van der Waals surface area contributed by atoms with Crippen molar-refractivity contribution in [3.63, 3.8) is 0 Å². The van der Waals surface area contributed by atoms with Gasteiger partial charge in [0.25, 0.3) is 0 Å². The van der Waals surface area contributed by atoms with Crippen molar-refractivity contribution in [1.29, 1.82) is 0 Å². The van der Waals surface area contributed by atoms with Crippen molar-refractivity contribution in [1.82, 2.24) is 19.2 Å². The predicted molar refractivity (Wildman–Crippen MR) is 170 cm³/mol. The number of carbonyl (C=O) groups is 1. The maximum Gasteiger partial charge on any atom is 0.224 e. The number of rotatable bonds is 12. The zero-order valence-electron chi connectivity index (χ0n) is 24.9. The van der Waals surface area contributed by atoms with Gasteiger partial charge in [0.1, 0.15) is 11.6 Å². The first-order valence-electron chi connectivity index (χ1n) is 14.9. The van der Waals surface area contributed by atoms with Crippen LogP contribution < -0.4 is 9.64 Å². The van der Waals surface area contributed by atoms with E-state index in [0.29, 0.717) is 19.4 Å². The van der Waals surface area contributed by atoms with Gasteiger partial charge in [-0.25, -0.2) is 4.98 Å². The number of aromatic nitrogens is 2. The summed E-state index contributed by atoms with van der Waals surface area (Å²) in [6.45, 7) is 8.17. The zero-order valence-corrected chi connectivity index (χ0v) is 25.7. The summed E-state index contributed by atoms with van der Waals surface area (Å²) in [5.74, 6) is 1.84. The van der Waals surface area contributed by atoms with Crippen LogP contribution in [0.4, 0.5) is 5.13 Å². The number of nitrogens with zero attached hydrogens (tertiary/aromatic N) is 5. The molecule has 3 aromatic carbocycles. The lowest BCUT2D eigenvalue weighted by Gasteiger charge is -2.40. The second kappa shape index (κ2) is 14.4. The van der Waals surface area contributed by atoms with Crippen molar-refractivity contribution >= 4 is 22.6 Å². The maximum absolute atomic E-state index is 13.4. The third-order valence-electron chi connectivity index (χ3n) is 8.15. The molecule has 220 valence electrons. The molecule has 1 unspecified atom stereocenters. The van der Waals surface area contributed by atoms with Crippen LogP contribution in [0.5, 0.6) is 5.75 Å². The highest BCUT2D eigenvalue weighted by Crippen LogP contribution is 2.30. The second-order valence-electron chi connectivity index (χ2n) is 10.9. The molecule has 7 nitrogen and oxygen atoms in total. The molecule has 0 saturated carbocycles. The van der Waals surface area contributed by atoms with Gasteiger partial charge in [0.05, 0.1) is 13.2 Å². The lowest BCUT2D eigenvalue weighted by atomic mass is 9.96. The van der Waals surface area contributed by atoms with E-state index >= 15 is 0 Å². The Kier molecular flexibility index (Phi) is 10.2. The minimum Gasteiger partial charge on any atom is -0.497 e. The quantitative estimate of drug-likeness (QED) is 0.202. The summed E-state index contributed by atoms with van der Waals surface area (Å²) in [6, 6.07) is 29.8. The largest absolute Gasteiger partial charge is 0.497 e. The molecule has 0 aliphatic carbocycles. The van der Waals surface area contributed by atoms with E-state index < -0.39 is 0 Å². The van der Waals surface area contributed by atoms with Gasteiger partial charge in [0.15, 0.2) is 0 Å². The number of hydrogen-bond acceptors (Lipinski definition) is 7. The summed E-state index contributed by atoms with van der Waals surface area (Å²) in [6.07, 6.45) is 2.09. The summed E-state index contributed by atoms with van der Waals surface area (Å²) in [5, 5.41) is 0.883. The molecule has 1 aliphatic rings. The van der Waals surface area contributed by atoms with Crippen LogP contribution in [0.15, 0.2) is 84.9 Å². The molecule has 1 saturated heterocycles. The van der Waals surface area contributed by atoms with Crippen LogP contribution >= 0.6 is 11.5 Å². The van der Waals surface area contributed by atoms with E-state index in [-0.39, 0.29) is 18.0 Å². The normalized spacial score (nSPS) is 14.6. The molecule has 1 amide bonds. The molecule has 0 spiro atoms. The van der Waals surface area contributed by atoms with Crippen molar-refractivity contribution in [3.05, 3.63) is 107 Å². The molecule has 8 heteroatoms. The van der Waals surface area contributed by atoms with Gasteiger partial charge in [-0.3, -0.25) is 9.69 Å². The third kappa shape index (κ3) is 7.36. The molecule has 0 radical (unpaired) electrons. The Bertz CT molecular complexity index is 1370. The molecule has 2 heterocycles. The topological polar surface area (TPSA) is 61.8 Å². The predicted octanol–water partition coefficient (Wildman–Crippen LogP) is 6.07. The van der Waals surface area contributed by atoms with Crippen LogP contribution in [-0.4, -0.2) is 70.9 Å². The Balaban J connectivity index is 1.19. The molecule has 0 bridgehead atoms. The average molecular weight is 584 g/mol. The number of anilines is 1. The highest BCUT2D eigenvalue weighted by atomic mass is 32.1. The Hall–Kier alpha value is -3.75. The van der Waals surface area contributed by atoms with E-state index in [4.69, 9.17) is 9.72 Å². The van der Waals surface area contributed by atoms with E-state index in [1.54, 1.807) is 7.11 Å². The molecule has 0 N–H and O–H groups in total. The summed E-state index contributed by atoms with van der Waals surface area (Å²) in [5.41, 5.74) is 3.69. The molecule has 1 aliphatic heterocycles. The highest BCUT2D eigenvalue weighted by Gasteiger charge is 2.28. The number of carbonyl (C=O) groups excluding carboxylic acids is 1. The van der Waals surface area contributed by atoms with E-state index in [0.717, 1.165) is 54.9 Å². The number of amides is 1. The van der Waals surface area contributed by atoms with Crippen LogP contribution in [0.25, 0.3) is 0 Å². The first-order chi connectivity index (χ1) is 20.6. The molecule has 42 heavy (non-hydrogen) atoms. The Labute approximate surface area is 253 Å². The fourth-order valence-corrected chi connectivity index (χ4v) is 6.43. The minimum absolute atomic E-state index is 0.189. The number of methoxy groups -OCH3 is 1. The summed E-state index contributed by atoms with van der Waals surface area (Å²) >= 11 is 1.42. The SMILES string of the molecule is CCC(C)N(CCC(=O)N1CCN(C(c2ccccc2)c2ccccc2)CC1)c1nc(Cc2cccc(OC)c2)ns1. The highest BCUT2D eigenvalue weighted by molar-refractivity contribution is 7.09. The molecule has 1 fully saturated rings.